The van der Waals surface area contributed by atoms with Crippen molar-refractivity contribution in [3.05, 3.63) is 54.0 Å². The molecule has 0 aliphatic carbocycles. The van der Waals surface area contributed by atoms with Crippen molar-refractivity contribution >= 4 is 16.0 Å². The third-order valence-corrected chi connectivity index (χ3v) is 4.12. The lowest BCUT2D eigenvalue weighted by molar-refractivity contribution is -0.139. The number of nitrogens with one attached hydrogen (secondary N) is 1. The third-order valence-electron chi connectivity index (χ3n) is 2.68. The Hall–Kier alpha value is -2.12. The second kappa shape index (κ2) is 5.48. The third kappa shape index (κ3) is 3.06. The van der Waals surface area contributed by atoms with Gasteiger partial charge in [0.2, 0.25) is 10.0 Å². The molecular formula is C13H13NO5S. The van der Waals surface area contributed by atoms with Crippen LogP contribution >= 0.6 is 0 Å². The quantitative estimate of drug-likeness (QED) is 0.875. The van der Waals surface area contributed by atoms with Gasteiger partial charge in [-0.15, -0.1) is 0 Å². The second-order valence-corrected chi connectivity index (χ2v) is 5.93. The normalized spacial score (nSPS) is 13.1. The lowest BCUT2D eigenvalue weighted by Crippen LogP contribution is -2.33. The van der Waals surface area contributed by atoms with Gasteiger partial charge in [-0.25, -0.2) is 13.2 Å². The van der Waals surface area contributed by atoms with Crippen molar-refractivity contribution in [1.82, 2.24) is 4.72 Å². The minimum absolute atomic E-state index is 0.000839. The molecule has 0 bridgehead atoms. The van der Waals surface area contributed by atoms with Gasteiger partial charge in [0.05, 0.1) is 11.2 Å². The number of benzene rings is 1. The number of furan rings is 1. The van der Waals surface area contributed by atoms with Gasteiger partial charge in [-0.1, -0.05) is 17.7 Å². The van der Waals surface area contributed by atoms with Crippen LogP contribution in [0.2, 0.25) is 0 Å². The zero-order valence-electron chi connectivity index (χ0n) is 10.6. The van der Waals surface area contributed by atoms with E-state index in [1.165, 1.54) is 30.5 Å². The fourth-order valence-electron chi connectivity index (χ4n) is 1.63. The highest BCUT2D eigenvalue weighted by Gasteiger charge is 2.28. The first-order valence-electron chi connectivity index (χ1n) is 5.75. The number of hydrogen-bond donors (Lipinski definition) is 2. The molecule has 1 aromatic carbocycles. The van der Waals surface area contributed by atoms with Crippen LogP contribution in [-0.4, -0.2) is 19.5 Å². The van der Waals surface area contributed by atoms with Crippen LogP contribution in [0.5, 0.6) is 0 Å². The maximum absolute atomic E-state index is 12.1. The Morgan fingerprint density at radius 3 is 2.40 bits per heavy atom. The summed E-state index contributed by atoms with van der Waals surface area (Å²) in [5.74, 6) is -1.32. The molecule has 1 unspecified atom stereocenters. The van der Waals surface area contributed by atoms with E-state index in [0.717, 1.165) is 5.56 Å². The summed E-state index contributed by atoms with van der Waals surface area (Å²) in [5.41, 5.74) is 0.907. The second-order valence-electron chi connectivity index (χ2n) is 4.22. The van der Waals surface area contributed by atoms with Crippen LogP contribution in [0, 0.1) is 6.92 Å². The fraction of sp³-hybridized carbons (Fsp3) is 0.154. The van der Waals surface area contributed by atoms with Crippen molar-refractivity contribution in [2.75, 3.05) is 0 Å². The summed E-state index contributed by atoms with van der Waals surface area (Å²) < 4.78 is 31.3. The van der Waals surface area contributed by atoms with Crippen molar-refractivity contribution < 1.29 is 22.7 Å². The molecule has 106 valence electrons. The number of aliphatic carboxylic acids is 1. The predicted octanol–water partition coefficient (Wildman–Crippen LogP) is 1.69. The monoisotopic (exact) mass is 295 g/mol. The SMILES string of the molecule is Cc1ccc(S(=O)(=O)NC(C(=O)O)c2ccco2)cc1. The molecule has 2 N–H and O–H groups in total. The fourth-order valence-corrected chi connectivity index (χ4v) is 2.78. The summed E-state index contributed by atoms with van der Waals surface area (Å²) in [6.07, 6.45) is 1.28. The number of aryl methyl sites for hydroxylation is 1. The maximum Gasteiger partial charge on any atom is 0.329 e. The number of carbonyl (C=O) groups is 1. The average Bonchev–Trinajstić information content (AvgIpc) is 2.90. The van der Waals surface area contributed by atoms with E-state index in [1.54, 1.807) is 12.1 Å². The molecule has 0 saturated heterocycles. The molecule has 0 aliphatic rings. The lowest BCUT2D eigenvalue weighted by Gasteiger charge is -2.12. The summed E-state index contributed by atoms with van der Waals surface area (Å²) in [6, 6.07) is 7.53. The van der Waals surface area contributed by atoms with Gasteiger partial charge in [0.25, 0.3) is 0 Å². The summed E-state index contributed by atoms with van der Waals surface area (Å²) >= 11 is 0. The van der Waals surface area contributed by atoms with Crippen molar-refractivity contribution in [1.29, 1.82) is 0 Å². The first-order valence-corrected chi connectivity index (χ1v) is 7.24. The number of hydrogen-bond acceptors (Lipinski definition) is 4. The standard InChI is InChI=1S/C13H13NO5S/c1-9-4-6-10(7-5-9)20(17,18)14-12(13(15)16)11-3-2-8-19-11/h2-8,12,14H,1H3,(H,15,16). The van der Waals surface area contributed by atoms with Gasteiger partial charge in [0, 0.05) is 0 Å². The van der Waals surface area contributed by atoms with E-state index in [0.29, 0.717) is 0 Å². The predicted molar refractivity (Wildman–Crippen MR) is 70.6 cm³/mol. The molecule has 0 amide bonds. The first-order chi connectivity index (χ1) is 9.40. The van der Waals surface area contributed by atoms with E-state index in [4.69, 9.17) is 9.52 Å². The minimum atomic E-state index is -3.94. The van der Waals surface area contributed by atoms with Crippen LogP contribution in [0.15, 0.2) is 52.0 Å². The molecule has 6 nitrogen and oxygen atoms in total. The summed E-state index contributed by atoms with van der Waals surface area (Å²) in [7, 11) is -3.94. The Balaban J connectivity index is 2.30. The van der Waals surface area contributed by atoms with Crippen molar-refractivity contribution in [3.8, 4) is 0 Å². The lowest BCUT2D eigenvalue weighted by atomic mass is 10.2. The van der Waals surface area contributed by atoms with Gasteiger partial charge in [-0.3, -0.25) is 0 Å². The van der Waals surface area contributed by atoms with E-state index in [2.05, 4.69) is 4.72 Å². The molecular weight excluding hydrogens is 282 g/mol. The molecule has 2 rings (SSSR count). The summed E-state index contributed by atoms with van der Waals surface area (Å²) in [5, 5.41) is 9.11. The first kappa shape index (κ1) is 14.3. The van der Waals surface area contributed by atoms with Crippen LogP contribution in [0.25, 0.3) is 0 Å². The molecule has 7 heteroatoms. The molecule has 0 saturated carbocycles. The van der Waals surface area contributed by atoms with Gasteiger partial charge in [-0.2, -0.15) is 4.72 Å². The molecule has 0 fully saturated rings. The maximum atomic E-state index is 12.1. The summed E-state index contributed by atoms with van der Waals surface area (Å²) in [4.78, 5) is 11.2. The summed E-state index contributed by atoms with van der Waals surface area (Å²) in [6.45, 7) is 1.83. The Labute approximate surface area is 116 Å². The van der Waals surface area contributed by atoms with Crippen LogP contribution in [-0.2, 0) is 14.8 Å². The van der Waals surface area contributed by atoms with E-state index >= 15 is 0 Å². The number of sulfonamides is 1. The number of rotatable bonds is 5. The number of carboxylic acid groups (broad SMARTS) is 1. The Bertz CT molecular complexity index is 689. The van der Waals surface area contributed by atoms with Gasteiger partial charge < -0.3 is 9.52 Å². The molecule has 1 aromatic heterocycles. The molecule has 1 atom stereocenters. The number of carboxylic acids is 1. The average molecular weight is 295 g/mol. The van der Waals surface area contributed by atoms with Gasteiger partial charge in [-0.05, 0) is 31.2 Å². The van der Waals surface area contributed by atoms with Crippen molar-refractivity contribution in [2.24, 2.45) is 0 Å². The van der Waals surface area contributed by atoms with Crippen LogP contribution < -0.4 is 4.72 Å². The molecule has 20 heavy (non-hydrogen) atoms. The molecule has 0 aliphatic heterocycles. The van der Waals surface area contributed by atoms with Crippen LogP contribution in [0.1, 0.15) is 17.4 Å². The zero-order valence-corrected chi connectivity index (χ0v) is 11.4. The molecule has 2 aromatic rings. The topological polar surface area (TPSA) is 96.6 Å². The zero-order chi connectivity index (χ0) is 14.8. The van der Waals surface area contributed by atoms with Gasteiger partial charge >= 0.3 is 5.97 Å². The highest BCUT2D eigenvalue weighted by atomic mass is 32.2. The van der Waals surface area contributed by atoms with Gasteiger partial charge in [0.1, 0.15) is 5.76 Å². The minimum Gasteiger partial charge on any atom is -0.480 e. The highest BCUT2D eigenvalue weighted by Crippen LogP contribution is 2.18. The van der Waals surface area contributed by atoms with E-state index in [9.17, 15) is 13.2 Å². The van der Waals surface area contributed by atoms with E-state index < -0.39 is 22.0 Å². The van der Waals surface area contributed by atoms with E-state index in [-0.39, 0.29) is 10.7 Å². The van der Waals surface area contributed by atoms with E-state index in [1.807, 2.05) is 6.92 Å². The molecule has 0 spiro atoms. The Morgan fingerprint density at radius 2 is 1.90 bits per heavy atom. The van der Waals surface area contributed by atoms with Crippen LogP contribution in [0.3, 0.4) is 0 Å². The Kier molecular flexibility index (Phi) is 3.91. The molecule has 0 radical (unpaired) electrons. The van der Waals surface area contributed by atoms with Gasteiger partial charge in [0.15, 0.2) is 6.04 Å². The van der Waals surface area contributed by atoms with Crippen LogP contribution in [0.4, 0.5) is 0 Å². The highest BCUT2D eigenvalue weighted by molar-refractivity contribution is 7.89. The van der Waals surface area contributed by atoms with Crippen molar-refractivity contribution in [2.45, 2.75) is 17.9 Å². The molecule has 1 heterocycles. The largest absolute Gasteiger partial charge is 0.480 e. The Morgan fingerprint density at radius 1 is 1.25 bits per heavy atom. The smallest absolute Gasteiger partial charge is 0.329 e. The van der Waals surface area contributed by atoms with Crippen molar-refractivity contribution in [3.63, 3.8) is 0 Å².